The highest BCUT2D eigenvalue weighted by Gasteiger charge is 2.27. The van der Waals surface area contributed by atoms with Crippen molar-refractivity contribution in [1.29, 1.82) is 0 Å². The van der Waals surface area contributed by atoms with Crippen molar-refractivity contribution in [2.75, 3.05) is 13.1 Å². The highest BCUT2D eigenvalue weighted by atomic mass is 16.2. The molecule has 0 bridgehead atoms. The number of rotatable bonds is 4. The van der Waals surface area contributed by atoms with Gasteiger partial charge in [0.25, 0.3) is 0 Å². The molecule has 1 N–H and O–H groups in total. The Balaban J connectivity index is 2.12. The van der Waals surface area contributed by atoms with Gasteiger partial charge in [-0.05, 0) is 37.5 Å². The van der Waals surface area contributed by atoms with E-state index in [1.165, 1.54) is 0 Å². The van der Waals surface area contributed by atoms with Crippen molar-refractivity contribution in [3.63, 3.8) is 0 Å². The Bertz CT molecular complexity index is 476. The van der Waals surface area contributed by atoms with Crippen LogP contribution in [0.4, 0.5) is 0 Å². The maximum Gasteiger partial charge on any atom is 0.232 e. The van der Waals surface area contributed by atoms with E-state index < -0.39 is 0 Å². The molecule has 0 aromatic carbocycles. The minimum Gasteiger partial charge on any atom is -0.356 e. The van der Waals surface area contributed by atoms with Gasteiger partial charge in [-0.15, -0.1) is 0 Å². The van der Waals surface area contributed by atoms with Gasteiger partial charge in [0.2, 0.25) is 11.8 Å². The lowest BCUT2D eigenvalue weighted by molar-refractivity contribution is -0.138. The van der Waals surface area contributed by atoms with Crippen LogP contribution in [-0.4, -0.2) is 34.8 Å². The number of hydrogen-bond donors (Lipinski definition) is 1. The molecule has 1 aliphatic heterocycles. The first-order valence-electron chi connectivity index (χ1n) is 7.68. The Hall–Kier alpha value is -1.91. The second kappa shape index (κ2) is 7.76. The highest BCUT2D eigenvalue weighted by Crippen LogP contribution is 2.30. The van der Waals surface area contributed by atoms with Crippen LogP contribution in [-0.2, 0) is 9.59 Å². The number of nitrogens with zero attached hydrogens (tertiary/aromatic N) is 2. The number of likely N-dealkylation sites (tertiary alicyclic amines) is 1. The number of pyridine rings is 1. The molecule has 114 valence electrons. The van der Waals surface area contributed by atoms with Crippen LogP contribution in [0.15, 0.2) is 24.5 Å². The van der Waals surface area contributed by atoms with Crippen molar-refractivity contribution in [2.24, 2.45) is 0 Å². The van der Waals surface area contributed by atoms with Gasteiger partial charge in [0.05, 0.1) is 6.04 Å². The third kappa shape index (κ3) is 4.28. The maximum absolute atomic E-state index is 12.5. The van der Waals surface area contributed by atoms with Crippen molar-refractivity contribution in [1.82, 2.24) is 15.2 Å². The zero-order chi connectivity index (χ0) is 15.1. The molecule has 0 aliphatic carbocycles. The van der Waals surface area contributed by atoms with Gasteiger partial charge in [0, 0.05) is 25.5 Å². The first-order chi connectivity index (χ1) is 10.2. The molecule has 1 atom stereocenters. The summed E-state index contributed by atoms with van der Waals surface area (Å²) < 4.78 is 0. The van der Waals surface area contributed by atoms with Crippen LogP contribution in [0.25, 0.3) is 0 Å². The monoisotopic (exact) mass is 289 g/mol. The number of hydrogen-bond acceptors (Lipinski definition) is 3. The van der Waals surface area contributed by atoms with Crippen LogP contribution >= 0.6 is 0 Å². The Kier molecular flexibility index (Phi) is 5.72. The third-order valence-electron chi connectivity index (χ3n) is 3.85. The first-order valence-corrected chi connectivity index (χ1v) is 7.68. The van der Waals surface area contributed by atoms with Gasteiger partial charge in [0.1, 0.15) is 6.42 Å². The standard InChI is InChI=1S/C16H23N3O2/c1-2-18-15(20)12-16(21)19-11-5-3-4-6-14(19)13-7-9-17-10-8-13/h7-10,14H,2-6,11-12H2,1H3,(H,18,20). The average Bonchev–Trinajstić information content (AvgIpc) is 2.74. The van der Waals surface area contributed by atoms with Crippen LogP contribution in [0, 0.1) is 0 Å². The lowest BCUT2D eigenvalue weighted by Gasteiger charge is -2.30. The molecule has 1 aliphatic rings. The molecule has 0 spiro atoms. The molecule has 1 fully saturated rings. The maximum atomic E-state index is 12.5. The fourth-order valence-corrected chi connectivity index (χ4v) is 2.84. The van der Waals surface area contributed by atoms with Gasteiger partial charge in [-0.3, -0.25) is 14.6 Å². The zero-order valence-corrected chi connectivity index (χ0v) is 12.5. The summed E-state index contributed by atoms with van der Waals surface area (Å²) in [5.74, 6) is -0.273. The summed E-state index contributed by atoms with van der Waals surface area (Å²) in [6.45, 7) is 3.14. The Morgan fingerprint density at radius 1 is 1.29 bits per heavy atom. The highest BCUT2D eigenvalue weighted by molar-refractivity contribution is 5.97. The van der Waals surface area contributed by atoms with Gasteiger partial charge in [-0.25, -0.2) is 0 Å². The first kappa shape index (κ1) is 15.5. The summed E-state index contributed by atoms with van der Waals surface area (Å²) in [7, 11) is 0. The fraction of sp³-hybridized carbons (Fsp3) is 0.562. The van der Waals surface area contributed by atoms with E-state index in [0.717, 1.165) is 37.8 Å². The average molecular weight is 289 g/mol. The number of carbonyl (C=O) groups is 2. The molecule has 0 saturated carbocycles. The van der Waals surface area contributed by atoms with Crippen LogP contribution in [0.3, 0.4) is 0 Å². The van der Waals surface area contributed by atoms with Gasteiger partial charge in [-0.1, -0.05) is 12.8 Å². The van der Waals surface area contributed by atoms with Crippen LogP contribution < -0.4 is 5.32 Å². The number of carbonyl (C=O) groups excluding carboxylic acids is 2. The number of aromatic nitrogens is 1. The molecule has 2 amide bonds. The minimum absolute atomic E-state index is 0.0601. The number of nitrogens with one attached hydrogen (secondary N) is 1. The van der Waals surface area contributed by atoms with Crippen molar-refractivity contribution in [3.8, 4) is 0 Å². The fourth-order valence-electron chi connectivity index (χ4n) is 2.84. The predicted octanol–water partition coefficient (Wildman–Crippen LogP) is 2.05. The second-order valence-corrected chi connectivity index (χ2v) is 5.36. The van der Waals surface area contributed by atoms with E-state index in [0.29, 0.717) is 6.54 Å². The van der Waals surface area contributed by atoms with E-state index in [1.807, 2.05) is 24.0 Å². The predicted molar refractivity (Wildman–Crippen MR) is 80.5 cm³/mol. The van der Waals surface area contributed by atoms with Gasteiger partial charge in [-0.2, -0.15) is 0 Å². The van der Waals surface area contributed by atoms with E-state index >= 15 is 0 Å². The SMILES string of the molecule is CCNC(=O)CC(=O)N1CCCCCC1c1ccncc1. The molecule has 0 radical (unpaired) electrons. The molecular formula is C16H23N3O2. The van der Waals surface area contributed by atoms with Crippen LogP contribution in [0.5, 0.6) is 0 Å². The molecule has 5 heteroatoms. The Morgan fingerprint density at radius 2 is 2.05 bits per heavy atom. The van der Waals surface area contributed by atoms with Crippen LogP contribution in [0.1, 0.15) is 50.6 Å². The number of amides is 2. The van der Waals surface area contributed by atoms with Crippen molar-refractivity contribution in [2.45, 2.75) is 45.1 Å². The van der Waals surface area contributed by atoms with Gasteiger partial charge in [0.15, 0.2) is 0 Å². The molecule has 1 saturated heterocycles. The Morgan fingerprint density at radius 3 is 2.76 bits per heavy atom. The van der Waals surface area contributed by atoms with Crippen molar-refractivity contribution < 1.29 is 9.59 Å². The normalized spacial score (nSPS) is 18.9. The van der Waals surface area contributed by atoms with E-state index in [2.05, 4.69) is 10.3 Å². The quantitative estimate of drug-likeness (QED) is 0.863. The van der Waals surface area contributed by atoms with Crippen molar-refractivity contribution >= 4 is 11.8 Å². The summed E-state index contributed by atoms with van der Waals surface area (Å²) in [5, 5.41) is 2.69. The summed E-state index contributed by atoms with van der Waals surface area (Å²) in [6, 6.07) is 3.99. The van der Waals surface area contributed by atoms with E-state index in [-0.39, 0.29) is 24.3 Å². The van der Waals surface area contributed by atoms with E-state index in [1.54, 1.807) is 12.4 Å². The van der Waals surface area contributed by atoms with Crippen LogP contribution in [0.2, 0.25) is 0 Å². The zero-order valence-electron chi connectivity index (χ0n) is 12.5. The molecule has 21 heavy (non-hydrogen) atoms. The summed E-state index contributed by atoms with van der Waals surface area (Å²) in [4.78, 5) is 30.0. The second-order valence-electron chi connectivity index (χ2n) is 5.36. The van der Waals surface area contributed by atoms with Gasteiger partial charge >= 0.3 is 0 Å². The summed E-state index contributed by atoms with van der Waals surface area (Å²) >= 11 is 0. The lowest BCUT2D eigenvalue weighted by atomic mass is 10.0. The van der Waals surface area contributed by atoms with Gasteiger partial charge < -0.3 is 10.2 Å². The third-order valence-corrected chi connectivity index (χ3v) is 3.85. The molecule has 1 aromatic rings. The Labute approximate surface area is 125 Å². The molecular weight excluding hydrogens is 266 g/mol. The smallest absolute Gasteiger partial charge is 0.232 e. The van der Waals surface area contributed by atoms with E-state index in [4.69, 9.17) is 0 Å². The molecule has 5 nitrogen and oxygen atoms in total. The minimum atomic E-state index is -0.194. The molecule has 2 rings (SSSR count). The van der Waals surface area contributed by atoms with E-state index in [9.17, 15) is 9.59 Å². The summed E-state index contributed by atoms with van der Waals surface area (Å²) in [5.41, 5.74) is 1.11. The largest absolute Gasteiger partial charge is 0.356 e. The molecule has 2 heterocycles. The van der Waals surface area contributed by atoms with Crippen molar-refractivity contribution in [3.05, 3.63) is 30.1 Å². The summed E-state index contributed by atoms with van der Waals surface area (Å²) in [6.07, 6.45) is 7.65. The molecule has 1 unspecified atom stereocenters. The lowest BCUT2D eigenvalue weighted by Crippen LogP contribution is -2.38. The topological polar surface area (TPSA) is 62.3 Å². The molecule has 1 aromatic heterocycles.